The maximum Gasteiger partial charge on any atom is 0.302 e. The van der Waals surface area contributed by atoms with E-state index in [0.717, 1.165) is 0 Å². The molecule has 162 valence electrons. The third-order valence-electron chi connectivity index (χ3n) is 4.08. The smallest absolute Gasteiger partial charge is 0.302 e. The number of benzene rings is 2. The number of hydrogen-bond acceptors (Lipinski definition) is 8. The molecule has 11 heteroatoms. The van der Waals surface area contributed by atoms with E-state index in [1.807, 2.05) is 0 Å². The maximum atomic E-state index is 12.6. The molecule has 3 rings (SSSR count). The number of oxazole rings is 1. The lowest BCUT2D eigenvalue weighted by atomic mass is 10.1. The van der Waals surface area contributed by atoms with Crippen LogP contribution in [0.3, 0.4) is 0 Å². The number of nitrogens with one attached hydrogen (secondary N) is 3. The van der Waals surface area contributed by atoms with Crippen LogP contribution in [0.25, 0.3) is 11.1 Å². The van der Waals surface area contributed by atoms with E-state index in [9.17, 15) is 9.59 Å². The van der Waals surface area contributed by atoms with Gasteiger partial charge in [0.1, 0.15) is 5.52 Å². The minimum absolute atomic E-state index is 0.0209. The SMILES string of the molecule is COc1cc(C(=O)NC(=S)Nc2nc3ccc(NC(C)=O)cc3o2)cc(OC)c1OC. The zero-order chi connectivity index (χ0) is 22.5. The fraction of sp³-hybridized carbons (Fsp3) is 0.200. The number of thiocarbonyl (C=S) groups is 1. The Morgan fingerprint density at radius 2 is 1.68 bits per heavy atom. The molecule has 0 aliphatic rings. The van der Waals surface area contributed by atoms with Crippen molar-refractivity contribution < 1.29 is 28.2 Å². The Hall–Kier alpha value is -3.86. The van der Waals surface area contributed by atoms with Gasteiger partial charge in [-0.3, -0.25) is 20.2 Å². The Morgan fingerprint density at radius 1 is 1.00 bits per heavy atom. The molecule has 0 spiro atoms. The van der Waals surface area contributed by atoms with E-state index in [2.05, 4.69) is 20.9 Å². The standard InChI is InChI=1S/C20H20N4O6S/c1-10(25)21-12-5-6-13-14(9-12)30-19(22-13)24-20(31)23-18(26)11-7-15(27-2)17(29-4)16(8-11)28-3/h5-9H,1-4H3,(H,21,25)(H2,22,23,24,26,31). The molecule has 3 aromatic rings. The lowest BCUT2D eigenvalue weighted by molar-refractivity contribution is -0.114. The second-order valence-electron chi connectivity index (χ2n) is 6.20. The highest BCUT2D eigenvalue weighted by atomic mass is 32.1. The highest BCUT2D eigenvalue weighted by molar-refractivity contribution is 7.80. The van der Waals surface area contributed by atoms with Gasteiger partial charge in [-0.05, 0) is 36.5 Å². The van der Waals surface area contributed by atoms with Crippen LogP contribution in [0.4, 0.5) is 11.7 Å². The summed E-state index contributed by atoms with van der Waals surface area (Å²) in [7, 11) is 4.38. The second-order valence-corrected chi connectivity index (χ2v) is 6.61. The lowest BCUT2D eigenvalue weighted by Crippen LogP contribution is -2.34. The first kappa shape index (κ1) is 21.8. The Morgan fingerprint density at radius 3 is 2.26 bits per heavy atom. The van der Waals surface area contributed by atoms with Crippen molar-refractivity contribution in [3.05, 3.63) is 35.9 Å². The molecule has 0 unspecified atom stereocenters. The topological polar surface area (TPSA) is 124 Å². The summed E-state index contributed by atoms with van der Waals surface area (Å²) in [5.41, 5.74) is 1.81. The molecular formula is C20H20N4O6S. The van der Waals surface area contributed by atoms with Gasteiger partial charge in [0.15, 0.2) is 22.2 Å². The first-order valence-electron chi connectivity index (χ1n) is 8.95. The van der Waals surface area contributed by atoms with Crippen LogP contribution in [0, 0.1) is 0 Å². The summed E-state index contributed by atoms with van der Waals surface area (Å²) < 4.78 is 21.3. The Kier molecular flexibility index (Phi) is 6.55. The van der Waals surface area contributed by atoms with Crippen molar-refractivity contribution in [3.8, 4) is 17.2 Å². The summed E-state index contributed by atoms with van der Waals surface area (Å²) in [5, 5.41) is 7.90. The lowest BCUT2D eigenvalue weighted by Gasteiger charge is -2.14. The molecule has 0 aliphatic heterocycles. The van der Waals surface area contributed by atoms with Crippen LogP contribution in [0.5, 0.6) is 17.2 Å². The number of nitrogens with zero attached hydrogens (tertiary/aromatic N) is 1. The van der Waals surface area contributed by atoms with E-state index >= 15 is 0 Å². The third-order valence-corrected chi connectivity index (χ3v) is 4.29. The highest BCUT2D eigenvalue weighted by Crippen LogP contribution is 2.38. The number of hydrogen-bond donors (Lipinski definition) is 3. The molecule has 0 saturated heterocycles. The number of ether oxygens (including phenoxy) is 3. The molecule has 1 heterocycles. The fourth-order valence-corrected chi connectivity index (χ4v) is 2.95. The zero-order valence-electron chi connectivity index (χ0n) is 17.2. The Bertz CT molecular complexity index is 1130. The van der Waals surface area contributed by atoms with E-state index in [1.54, 1.807) is 18.2 Å². The van der Waals surface area contributed by atoms with Crippen LogP contribution in [0.1, 0.15) is 17.3 Å². The van der Waals surface area contributed by atoms with Gasteiger partial charge in [-0.2, -0.15) is 4.98 Å². The van der Waals surface area contributed by atoms with Crippen LogP contribution in [-0.2, 0) is 4.79 Å². The predicted molar refractivity (Wildman–Crippen MR) is 118 cm³/mol. The third kappa shape index (κ3) is 5.01. The van der Waals surface area contributed by atoms with Gasteiger partial charge < -0.3 is 23.9 Å². The van der Waals surface area contributed by atoms with Gasteiger partial charge >= 0.3 is 6.01 Å². The molecule has 0 atom stereocenters. The molecule has 0 aliphatic carbocycles. The Labute approximate surface area is 182 Å². The molecular weight excluding hydrogens is 424 g/mol. The van der Waals surface area contributed by atoms with Gasteiger partial charge in [-0.1, -0.05) is 0 Å². The average molecular weight is 444 g/mol. The summed E-state index contributed by atoms with van der Waals surface area (Å²) in [5.74, 6) is 0.334. The summed E-state index contributed by atoms with van der Waals surface area (Å²) >= 11 is 5.18. The largest absolute Gasteiger partial charge is 0.493 e. The Balaban J connectivity index is 1.73. The monoisotopic (exact) mass is 444 g/mol. The van der Waals surface area contributed by atoms with E-state index in [-0.39, 0.29) is 22.6 Å². The number of rotatable bonds is 6. The predicted octanol–water partition coefficient (Wildman–Crippen LogP) is 2.94. The number of carbonyl (C=O) groups excluding carboxylic acids is 2. The molecule has 10 nitrogen and oxygen atoms in total. The van der Waals surface area contributed by atoms with Crippen LogP contribution in [0.2, 0.25) is 0 Å². The quantitative estimate of drug-likeness (QED) is 0.492. The van der Waals surface area contributed by atoms with Crippen LogP contribution in [-0.4, -0.2) is 43.2 Å². The molecule has 0 bridgehead atoms. The van der Waals surface area contributed by atoms with Crippen molar-refractivity contribution in [1.29, 1.82) is 0 Å². The van der Waals surface area contributed by atoms with Gasteiger partial charge in [0.25, 0.3) is 5.91 Å². The van der Waals surface area contributed by atoms with Crippen molar-refractivity contribution >= 4 is 51.9 Å². The minimum atomic E-state index is -0.499. The summed E-state index contributed by atoms with van der Waals surface area (Å²) in [6, 6.07) is 8.11. The second kappa shape index (κ2) is 9.30. The number of fused-ring (bicyclic) bond motifs is 1. The van der Waals surface area contributed by atoms with Crippen molar-refractivity contribution in [2.45, 2.75) is 6.92 Å². The number of methoxy groups -OCH3 is 3. The first-order valence-corrected chi connectivity index (χ1v) is 9.36. The van der Waals surface area contributed by atoms with Gasteiger partial charge in [0, 0.05) is 24.2 Å². The van der Waals surface area contributed by atoms with E-state index in [0.29, 0.717) is 34.0 Å². The van der Waals surface area contributed by atoms with Crippen molar-refractivity contribution in [2.75, 3.05) is 32.0 Å². The van der Waals surface area contributed by atoms with Gasteiger partial charge in [-0.15, -0.1) is 0 Å². The summed E-state index contributed by atoms with van der Waals surface area (Å²) in [6.07, 6.45) is 0. The number of anilines is 2. The van der Waals surface area contributed by atoms with E-state index in [1.165, 1.54) is 40.4 Å². The average Bonchev–Trinajstić information content (AvgIpc) is 3.13. The normalized spacial score (nSPS) is 10.3. The molecule has 2 amide bonds. The van der Waals surface area contributed by atoms with Gasteiger partial charge in [0.05, 0.1) is 21.3 Å². The zero-order valence-corrected chi connectivity index (χ0v) is 18.0. The number of amides is 2. The highest BCUT2D eigenvalue weighted by Gasteiger charge is 2.18. The van der Waals surface area contributed by atoms with E-state index in [4.69, 9.17) is 30.8 Å². The first-order chi connectivity index (χ1) is 14.8. The summed E-state index contributed by atoms with van der Waals surface area (Å²) in [6.45, 7) is 1.41. The number of carbonyl (C=O) groups is 2. The van der Waals surface area contributed by atoms with Crippen molar-refractivity contribution in [1.82, 2.24) is 10.3 Å². The molecule has 1 aromatic heterocycles. The van der Waals surface area contributed by atoms with E-state index < -0.39 is 5.91 Å². The molecule has 0 radical (unpaired) electrons. The van der Waals surface area contributed by atoms with Crippen molar-refractivity contribution in [2.24, 2.45) is 0 Å². The van der Waals surface area contributed by atoms with Crippen LogP contribution >= 0.6 is 12.2 Å². The number of aromatic nitrogens is 1. The minimum Gasteiger partial charge on any atom is -0.493 e. The molecule has 0 fully saturated rings. The fourth-order valence-electron chi connectivity index (χ4n) is 2.77. The van der Waals surface area contributed by atoms with Gasteiger partial charge in [0.2, 0.25) is 11.7 Å². The molecule has 2 aromatic carbocycles. The van der Waals surface area contributed by atoms with Crippen LogP contribution in [0.15, 0.2) is 34.7 Å². The summed E-state index contributed by atoms with van der Waals surface area (Å²) in [4.78, 5) is 28.0. The van der Waals surface area contributed by atoms with Gasteiger partial charge in [-0.25, -0.2) is 0 Å². The molecule has 0 saturated carbocycles. The van der Waals surface area contributed by atoms with Crippen LogP contribution < -0.4 is 30.2 Å². The van der Waals surface area contributed by atoms with Crippen molar-refractivity contribution in [3.63, 3.8) is 0 Å². The maximum absolute atomic E-state index is 12.6. The molecule has 3 N–H and O–H groups in total. The molecule has 31 heavy (non-hydrogen) atoms.